The Bertz CT molecular complexity index is 1300. The van der Waals surface area contributed by atoms with Gasteiger partial charge in [0.05, 0.1) is 13.3 Å². The Morgan fingerprint density at radius 2 is 1.00 bits per heavy atom. The fourth-order valence-corrected chi connectivity index (χ4v) is 2.88. The van der Waals surface area contributed by atoms with E-state index in [9.17, 15) is 19.2 Å². The predicted molar refractivity (Wildman–Crippen MR) is 175 cm³/mol. The van der Waals surface area contributed by atoms with E-state index < -0.39 is 12.2 Å². The number of ether oxygens (including phenoxy) is 2. The van der Waals surface area contributed by atoms with Gasteiger partial charge in [0.15, 0.2) is 6.67 Å². The number of nitrogens with zero attached hydrogens (tertiary/aromatic N) is 2. The van der Waals surface area contributed by atoms with Crippen LogP contribution in [0.5, 0.6) is 0 Å². The minimum atomic E-state index is -0.628. The van der Waals surface area contributed by atoms with Crippen LogP contribution in [-0.4, -0.2) is 62.6 Å². The van der Waals surface area contributed by atoms with Gasteiger partial charge >= 0.3 is 12.2 Å². The Morgan fingerprint density at radius 3 is 1.33 bits per heavy atom. The molecule has 0 aliphatic rings. The van der Waals surface area contributed by atoms with Gasteiger partial charge in [-0.3, -0.25) is 0 Å². The van der Waals surface area contributed by atoms with E-state index in [-0.39, 0.29) is 40.6 Å². The molecule has 0 heterocycles. The molecule has 0 unspecified atom stereocenters. The lowest BCUT2D eigenvalue weighted by atomic mass is 10.2. The van der Waals surface area contributed by atoms with E-state index in [4.69, 9.17) is 14.6 Å². The molecule has 3 aromatic carbocycles. The zero-order chi connectivity index (χ0) is 31.9. The smallest absolute Gasteiger partial charge is 0.408 e. The SMILES string of the molecule is C.O=C(NCNC(=O)OC/C=C/c1ccccc1)OC/C=C/c1ccccc1.O=C=NCN=C=O.OC/C=C/c1ccccc1. The van der Waals surface area contributed by atoms with Gasteiger partial charge in [0, 0.05) is 0 Å². The van der Waals surface area contributed by atoms with Gasteiger partial charge < -0.3 is 25.2 Å². The van der Waals surface area contributed by atoms with Gasteiger partial charge in [0.2, 0.25) is 12.2 Å². The van der Waals surface area contributed by atoms with Crippen LogP contribution in [0.3, 0.4) is 0 Å². The summed E-state index contributed by atoms with van der Waals surface area (Å²) >= 11 is 0. The van der Waals surface area contributed by atoms with Crippen LogP contribution in [0.1, 0.15) is 24.1 Å². The Labute approximate surface area is 263 Å². The average Bonchev–Trinajstić information content (AvgIpc) is 3.06. The number of aliphatic hydroxyl groups is 1. The van der Waals surface area contributed by atoms with E-state index in [1.165, 1.54) is 12.2 Å². The number of benzene rings is 3. The predicted octanol–water partition coefficient (Wildman–Crippen LogP) is 5.77. The van der Waals surface area contributed by atoms with Crippen molar-refractivity contribution in [2.75, 3.05) is 33.2 Å². The van der Waals surface area contributed by atoms with Gasteiger partial charge in [-0.2, -0.15) is 9.98 Å². The third kappa shape index (κ3) is 23.4. The van der Waals surface area contributed by atoms with Crippen LogP contribution in [0.15, 0.2) is 119 Å². The third-order valence-electron chi connectivity index (χ3n) is 4.79. The van der Waals surface area contributed by atoms with E-state index >= 15 is 0 Å². The number of alkyl carbamates (subject to hydrolysis) is 2. The van der Waals surface area contributed by atoms with Crippen LogP contribution in [-0.2, 0) is 19.1 Å². The fourth-order valence-electron chi connectivity index (χ4n) is 2.88. The van der Waals surface area contributed by atoms with Crippen molar-refractivity contribution >= 4 is 42.6 Å². The molecule has 45 heavy (non-hydrogen) atoms. The van der Waals surface area contributed by atoms with Crippen molar-refractivity contribution in [1.29, 1.82) is 0 Å². The molecule has 0 aliphatic heterocycles. The van der Waals surface area contributed by atoms with Crippen LogP contribution >= 0.6 is 0 Å². The average molecular weight is 615 g/mol. The van der Waals surface area contributed by atoms with E-state index in [1.54, 1.807) is 18.2 Å². The molecule has 0 aromatic heterocycles. The lowest BCUT2D eigenvalue weighted by molar-refractivity contribution is 0.150. The van der Waals surface area contributed by atoms with Crippen LogP contribution in [0.2, 0.25) is 0 Å². The minimum Gasteiger partial charge on any atom is -0.445 e. The van der Waals surface area contributed by atoms with Crippen molar-refractivity contribution < 1.29 is 33.8 Å². The second kappa shape index (κ2) is 28.3. The number of carbonyl (C=O) groups excluding carboxylic acids is 4. The Morgan fingerprint density at radius 1 is 0.644 bits per heavy atom. The van der Waals surface area contributed by atoms with Gasteiger partial charge in [0.1, 0.15) is 13.2 Å². The fraction of sp³-hybridized carbons (Fsp3) is 0.176. The highest BCUT2D eigenvalue weighted by Gasteiger charge is 2.02. The number of rotatable bonds is 12. The molecule has 2 amide bonds. The summed E-state index contributed by atoms with van der Waals surface area (Å²) in [7, 11) is 0. The van der Waals surface area contributed by atoms with E-state index in [0.717, 1.165) is 16.7 Å². The standard InChI is InChI=1S/C21H22N2O4.C9H10O.C3H2N2O2.CH4/c24-20(26-15-7-13-18-9-3-1-4-10-18)22-17-23-21(25)27-16-8-14-19-11-5-2-6-12-19;10-8-4-7-9-5-2-1-3-6-9;6-2-4-1-5-3-7;/h1-14H,15-17H2,(H,22,24)(H,23,25);1-7,10H,8H2;1H2;1H4/b13-7+,14-8+;7-4+;;. The maximum absolute atomic E-state index is 11.5. The topological polar surface area (TPSA) is 156 Å². The summed E-state index contributed by atoms with van der Waals surface area (Å²) in [5, 5.41) is 13.2. The molecule has 3 rings (SSSR count). The number of nitrogens with one attached hydrogen (secondary N) is 2. The Balaban J connectivity index is 0.000000880. The highest BCUT2D eigenvalue weighted by molar-refractivity contribution is 5.70. The maximum atomic E-state index is 11.5. The number of hydrogen-bond donors (Lipinski definition) is 3. The molecule has 0 atom stereocenters. The molecule has 0 saturated heterocycles. The summed E-state index contributed by atoms with van der Waals surface area (Å²) in [6.07, 6.45) is 11.9. The van der Waals surface area contributed by atoms with Gasteiger partial charge in [-0.25, -0.2) is 19.2 Å². The molecular formula is C34H38N4O7. The van der Waals surface area contributed by atoms with Gasteiger partial charge in [-0.05, 0) is 28.8 Å². The molecule has 3 N–H and O–H groups in total. The molecule has 0 bridgehead atoms. The lowest BCUT2D eigenvalue weighted by Gasteiger charge is -2.07. The largest absolute Gasteiger partial charge is 0.445 e. The third-order valence-corrected chi connectivity index (χ3v) is 4.79. The Hall–Kier alpha value is -5.86. The quantitative estimate of drug-likeness (QED) is 0.133. The van der Waals surface area contributed by atoms with Crippen molar-refractivity contribution in [2.45, 2.75) is 7.43 Å². The zero-order valence-corrected chi connectivity index (χ0v) is 24.0. The molecule has 3 aromatic rings. The first kappa shape index (κ1) is 39.1. The van der Waals surface area contributed by atoms with E-state index in [2.05, 4.69) is 20.6 Å². The number of aliphatic imine (C=N–C) groups is 2. The van der Waals surface area contributed by atoms with E-state index in [0.29, 0.717) is 0 Å². The van der Waals surface area contributed by atoms with Crippen molar-refractivity contribution in [3.8, 4) is 0 Å². The molecule has 11 nitrogen and oxygen atoms in total. The summed E-state index contributed by atoms with van der Waals surface area (Å²) in [5.41, 5.74) is 3.16. The van der Waals surface area contributed by atoms with Crippen LogP contribution in [0, 0.1) is 0 Å². The van der Waals surface area contributed by atoms with Crippen LogP contribution in [0.25, 0.3) is 18.2 Å². The number of carbonyl (C=O) groups is 2. The summed E-state index contributed by atoms with van der Waals surface area (Å²) in [6.45, 7) is 0.134. The monoisotopic (exact) mass is 614 g/mol. The summed E-state index contributed by atoms with van der Waals surface area (Å²) in [6, 6.07) is 29.2. The van der Waals surface area contributed by atoms with Crippen LogP contribution < -0.4 is 10.6 Å². The highest BCUT2D eigenvalue weighted by Crippen LogP contribution is 2.02. The summed E-state index contributed by atoms with van der Waals surface area (Å²) in [4.78, 5) is 47.2. The maximum Gasteiger partial charge on any atom is 0.408 e. The molecule has 0 aliphatic carbocycles. The molecular weight excluding hydrogens is 576 g/mol. The molecule has 0 radical (unpaired) electrons. The number of aliphatic hydroxyl groups excluding tert-OH is 1. The molecule has 236 valence electrons. The second-order valence-corrected chi connectivity index (χ2v) is 7.99. The molecule has 0 spiro atoms. The first-order valence-corrected chi connectivity index (χ1v) is 13.2. The molecule has 0 fully saturated rings. The van der Waals surface area contributed by atoms with Crippen molar-refractivity contribution in [2.24, 2.45) is 9.98 Å². The van der Waals surface area contributed by atoms with Gasteiger partial charge in [-0.15, -0.1) is 0 Å². The Kier molecular flexibility index (Phi) is 24.6. The van der Waals surface area contributed by atoms with E-state index in [1.807, 2.05) is 109 Å². The molecule has 0 saturated carbocycles. The van der Waals surface area contributed by atoms with Crippen molar-refractivity contribution in [3.05, 3.63) is 126 Å². The number of hydrogen-bond acceptors (Lipinski definition) is 9. The van der Waals surface area contributed by atoms with Gasteiger partial charge in [0.25, 0.3) is 0 Å². The van der Waals surface area contributed by atoms with Crippen molar-refractivity contribution in [3.63, 3.8) is 0 Å². The van der Waals surface area contributed by atoms with Gasteiger partial charge in [-0.1, -0.05) is 123 Å². The lowest BCUT2D eigenvalue weighted by Crippen LogP contribution is -2.37. The first-order chi connectivity index (χ1) is 21.6. The normalized spacial score (nSPS) is 9.62. The van der Waals surface area contributed by atoms with Crippen molar-refractivity contribution in [1.82, 2.24) is 10.6 Å². The minimum absolute atomic E-state index is 0. The summed E-state index contributed by atoms with van der Waals surface area (Å²) < 4.78 is 9.91. The zero-order valence-electron chi connectivity index (χ0n) is 24.0. The second-order valence-electron chi connectivity index (χ2n) is 7.99. The van der Waals surface area contributed by atoms with Crippen LogP contribution in [0.4, 0.5) is 9.59 Å². The number of isocyanates is 2. The molecule has 11 heteroatoms. The number of amides is 2. The highest BCUT2D eigenvalue weighted by atomic mass is 16.6. The summed E-state index contributed by atoms with van der Waals surface area (Å²) in [5.74, 6) is 0. The first-order valence-electron chi connectivity index (χ1n) is 13.2.